The fourth-order valence-electron chi connectivity index (χ4n) is 1.29. The summed E-state index contributed by atoms with van der Waals surface area (Å²) in [6.45, 7) is 4.10. The van der Waals surface area contributed by atoms with E-state index in [-0.39, 0.29) is 18.5 Å². The summed E-state index contributed by atoms with van der Waals surface area (Å²) in [5, 5.41) is 11.9. The van der Waals surface area contributed by atoms with Crippen molar-refractivity contribution in [3.8, 4) is 0 Å². The van der Waals surface area contributed by atoms with Crippen LogP contribution >= 0.6 is 11.8 Å². The zero-order valence-corrected chi connectivity index (χ0v) is 9.71. The molecule has 1 amide bonds. The molecule has 86 valence electrons. The van der Waals surface area contributed by atoms with Crippen molar-refractivity contribution in [2.45, 2.75) is 25.9 Å². The zero-order chi connectivity index (χ0) is 11.4. The summed E-state index contributed by atoms with van der Waals surface area (Å²) >= 11 is 1.48. The highest BCUT2D eigenvalue weighted by Crippen LogP contribution is 2.20. The number of nitrogens with zero attached hydrogens (tertiary/aromatic N) is 1. The van der Waals surface area contributed by atoms with Crippen LogP contribution in [0.3, 0.4) is 0 Å². The fraction of sp³-hybridized carbons (Fsp3) is 0.778. The van der Waals surface area contributed by atoms with Gasteiger partial charge in [-0.1, -0.05) is 13.8 Å². The molecule has 0 aromatic carbocycles. The first kappa shape index (κ1) is 12.3. The molecule has 2 N–H and O–H groups in total. The number of carbonyl (C=O) groups excluding carboxylic acids is 1. The SMILES string of the molecule is CC(C)NCC(=O)N1CSCC1C(=O)O. The lowest BCUT2D eigenvalue weighted by Gasteiger charge is -2.21. The molecule has 1 rings (SSSR count). The molecule has 0 spiro atoms. The molecule has 1 atom stereocenters. The van der Waals surface area contributed by atoms with Crippen molar-refractivity contribution in [3.05, 3.63) is 0 Å². The molecule has 0 aromatic heterocycles. The maximum Gasteiger partial charge on any atom is 0.327 e. The van der Waals surface area contributed by atoms with Crippen molar-refractivity contribution in [2.24, 2.45) is 0 Å². The van der Waals surface area contributed by atoms with Gasteiger partial charge in [-0.3, -0.25) is 4.79 Å². The van der Waals surface area contributed by atoms with Crippen LogP contribution < -0.4 is 5.32 Å². The Labute approximate surface area is 93.2 Å². The Hall–Kier alpha value is -0.750. The third kappa shape index (κ3) is 3.39. The average molecular weight is 232 g/mol. The molecule has 0 radical (unpaired) electrons. The predicted molar refractivity (Wildman–Crippen MR) is 58.7 cm³/mol. The number of hydrogen-bond acceptors (Lipinski definition) is 4. The van der Waals surface area contributed by atoms with E-state index in [0.29, 0.717) is 11.6 Å². The van der Waals surface area contributed by atoms with E-state index in [0.717, 1.165) is 0 Å². The van der Waals surface area contributed by atoms with E-state index in [1.54, 1.807) is 0 Å². The van der Waals surface area contributed by atoms with Crippen molar-refractivity contribution in [1.82, 2.24) is 10.2 Å². The Kier molecular flexibility index (Phi) is 4.41. The Morgan fingerprint density at radius 1 is 1.60 bits per heavy atom. The molecule has 0 saturated carbocycles. The molecule has 1 heterocycles. The van der Waals surface area contributed by atoms with Crippen LogP contribution in [0.2, 0.25) is 0 Å². The van der Waals surface area contributed by atoms with E-state index in [1.165, 1.54) is 16.7 Å². The number of aliphatic carboxylic acids is 1. The Bertz CT molecular complexity index is 258. The lowest BCUT2D eigenvalue weighted by molar-refractivity contribution is -0.147. The number of rotatable bonds is 4. The van der Waals surface area contributed by atoms with E-state index in [1.807, 2.05) is 13.8 Å². The van der Waals surface area contributed by atoms with Gasteiger partial charge in [0.25, 0.3) is 0 Å². The highest BCUT2D eigenvalue weighted by Gasteiger charge is 2.34. The molecule has 6 heteroatoms. The monoisotopic (exact) mass is 232 g/mol. The maximum atomic E-state index is 11.7. The van der Waals surface area contributed by atoms with Gasteiger partial charge in [0.1, 0.15) is 6.04 Å². The van der Waals surface area contributed by atoms with Crippen LogP contribution in [0.15, 0.2) is 0 Å². The molecule has 5 nitrogen and oxygen atoms in total. The standard InChI is InChI=1S/C9H16N2O3S/c1-6(2)10-3-8(12)11-5-15-4-7(11)9(13)14/h6-7,10H,3-5H2,1-2H3,(H,13,14). The predicted octanol–water partition coefficient (Wildman–Crippen LogP) is -0.0295. The molecule has 15 heavy (non-hydrogen) atoms. The molecule has 0 aromatic rings. The normalized spacial score (nSPS) is 21.0. The summed E-state index contributed by atoms with van der Waals surface area (Å²) in [7, 11) is 0. The second-order valence-electron chi connectivity index (χ2n) is 3.75. The first-order valence-corrected chi connectivity index (χ1v) is 6.01. The van der Waals surface area contributed by atoms with Gasteiger partial charge in [-0.25, -0.2) is 4.79 Å². The Morgan fingerprint density at radius 2 is 2.27 bits per heavy atom. The van der Waals surface area contributed by atoms with Crippen LogP contribution in [0, 0.1) is 0 Å². The zero-order valence-electron chi connectivity index (χ0n) is 8.90. The fourth-order valence-corrected chi connectivity index (χ4v) is 2.46. The van der Waals surface area contributed by atoms with E-state index in [4.69, 9.17) is 5.11 Å². The minimum absolute atomic E-state index is 0.138. The number of amides is 1. The van der Waals surface area contributed by atoms with Crippen LogP contribution in [0.4, 0.5) is 0 Å². The quantitative estimate of drug-likeness (QED) is 0.712. The third-order valence-electron chi connectivity index (χ3n) is 2.15. The molecule has 0 aliphatic carbocycles. The number of carboxylic acid groups (broad SMARTS) is 1. The smallest absolute Gasteiger partial charge is 0.327 e. The summed E-state index contributed by atoms with van der Waals surface area (Å²) in [6, 6.07) is -0.427. The van der Waals surface area contributed by atoms with Gasteiger partial charge in [-0.05, 0) is 0 Å². The molecule has 0 bridgehead atoms. The molecule has 1 unspecified atom stereocenters. The Morgan fingerprint density at radius 3 is 2.80 bits per heavy atom. The number of carbonyl (C=O) groups is 2. The van der Waals surface area contributed by atoms with Gasteiger partial charge in [-0.2, -0.15) is 0 Å². The van der Waals surface area contributed by atoms with E-state index in [9.17, 15) is 9.59 Å². The van der Waals surface area contributed by atoms with Gasteiger partial charge in [0.15, 0.2) is 0 Å². The van der Waals surface area contributed by atoms with E-state index < -0.39 is 12.0 Å². The highest BCUT2D eigenvalue weighted by atomic mass is 32.2. The lowest BCUT2D eigenvalue weighted by atomic mass is 10.3. The third-order valence-corrected chi connectivity index (χ3v) is 3.16. The van der Waals surface area contributed by atoms with Crippen molar-refractivity contribution < 1.29 is 14.7 Å². The number of thioether (sulfide) groups is 1. The minimum atomic E-state index is -0.919. The second kappa shape index (κ2) is 5.37. The summed E-state index contributed by atoms with van der Waals surface area (Å²) in [4.78, 5) is 23.9. The van der Waals surface area contributed by atoms with E-state index in [2.05, 4.69) is 5.32 Å². The van der Waals surface area contributed by atoms with Gasteiger partial charge in [-0.15, -0.1) is 11.8 Å². The first-order valence-electron chi connectivity index (χ1n) is 4.85. The lowest BCUT2D eigenvalue weighted by Crippen LogP contribution is -2.46. The van der Waals surface area contributed by atoms with Gasteiger partial charge < -0.3 is 15.3 Å². The average Bonchev–Trinajstić information content (AvgIpc) is 2.62. The number of carboxylic acids is 1. The van der Waals surface area contributed by atoms with Gasteiger partial charge in [0, 0.05) is 11.8 Å². The topological polar surface area (TPSA) is 69.6 Å². The van der Waals surface area contributed by atoms with Crippen LogP contribution in [0.5, 0.6) is 0 Å². The van der Waals surface area contributed by atoms with Crippen molar-refractivity contribution >= 4 is 23.6 Å². The number of hydrogen-bond donors (Lipinski definition) is 2. The first-order chi connectivity index (χ1) is 7.02. The maximum absolute atomic E-state index is 11.7. The van der Waals surface area contributed by atoms with Gasteiger partial charge in [0.05, 0.1) is 12.4 Å². The largest absolute Gasteiger partial charge is 0.480 e. The van der Waals surface area contributed by atoms with Crippen LogP contribution in [-0.2, 0) is 9.59 Å². The second-order valence-corrected chi connectivity index (χ2v) is 4.75. The summed E-state index contributed by atoms with van der Waals surface area (Å²) < 4.78 is 0. The van der Waals surface area contributed by atoms with Gasteiger partial charge in [0.2, 0.25) is 5.91 Å². The van der Waals surface area contributed by atoms with Gasteiger partial charge >= 0.3 is 5.97 Å². The Balaban J connectivity index is 2.47. The highest BCUT2D eigenvalue weighted by molar-refractivity contribution is 7.99. The van der Waals surface area contributed by atoms with Crippen molar-refractivity contribution in [2.75, 3.05) is 18.2 Å². The van der Waals surface area contributed by atoms with Crippen LogP contribution in [0.25, 0.3) is 0 Å². The molecular formula is C9H16N2O3S. The molecule has 1 aliphatic heterocycles. The number of nitrogens with one attached hydrogen (secondary N) is 1. The summed E-state index contributed by atoms with van der Waals surface area (Å²) in [5.41, 5.74) is 0. The van der Waals surface area contributed by atoms with Crippen LogP contribution in [-0.4, -0.2) is 52.1 Å². The molecule has 1 aliphatic rings. The molecule has 1 saturated heterocycles. The summed E-state index contributed by atoms with van der Waals surface area (Å²) in [6.07, 6.45) is 0. The van der Waals surface area contributed by atoms with Crippen LogP contribution in [0.1, 0.15) is 13.8 Å². The van der Waals surface area contributed by atoms with Crippen molar-refractivity contribution in [1.29, 1.82) is 0 Å². The van der Waals surface area contributed by atoms with Crippen molar-refractivity contribution in [3.63, 3.8) is 0 Å². The summed E-state index contributed by atoms with van der Waals surface area (Å²) in [5.74, 6) is -0.0859. The molecular weight excluding hydrogens is 216 g/mol. The van der Waals surface area contributed by atoms with E-state index >= 15 is 0 Å². The molecule has 1 fully saturated rings. The minimum Gasteiger partial charge on any atom is -0.480 e.